The van der Waals surface area contributed by atoms with E-state index in [1.54, 1.807) is 0 Å². The summed E-state index contributed by atoms with van der Waals surface area (Å²) in [5, 5.41) is 20.6. The van der Waals surface area contributed by atoms with Gasteiger partial charge >= 0.3 is 0 Å². The Morgan fingerprint density at radius 1 is 1.40 bits per heavy atom. The molecule has 0 aromatic heterocycles. The van der Waals surface area contributed by atoms with E-state index in [4.69, 9.17) is 0 Å². The average molecular weight is 299 g/mol. The molecule has 0 spiro atoms. The summed E-state index contributed by atoms with van der Waals surface area (Å²) in [5.74, 6) is 0.842. The quantitative estimate of drug-likeness (QED) is 0.867. The van der Waals surface area contributed by atoms with Crippen LogP contribution in [0.2, 0.25) is 0 Å². The molecule has 0 amide bonds. The number of aliphatic hydroxyl groups is 1. The summed E-state index contributed by atoms with van der Waals surface area (Å²) in [6.45, 7) is 4.32. The molecule has 5 heteroatoms. The highest BCUT2D eigenvalue weighted by molar-refractivity contribution is 7.91. The van der Waals surface area contributed by atoms with Crippen molar-refractivity contribution in [2.75, 3.05) is 11.5 Å². The smallest absolute Gasteiger partial charge is 0.152 e. The maximum absolute atomic E-state index is 11.8. The standard InChI is InChI=1S/C15H25NO3S/c1-12(2)8-13-4-3-5-15(17,9-13)14(10-16)6-7-20(18,19)11-14/h12-13,17H,3-9,11H2,1-2H3. The fourth-order valence-electron chi connectivity index (χ4n) is 4.08. The maximum atomic E-state index is 11.8. The average Bonchev–Trinajstić information content (AvgIpc) is 2.66. The molecule has 1 aliphatic carbocycles. The second-order valence-corrected chi connectivity index (χ2v) is 9.34. The lowest BCUT2D eigenvalue weighted by atomic mass is 9.62. The molecule has 20 heavy (non-hydrogen) atoms. The van der Waals surface area contributed by atoms with Gasteiger partial charge in [0.1, 0.15) is 5.41 Å². The van der Waals surface area contributed by atoms with Gasteiger partial charge in [-0.1, -0.05) is 26.7 Å². The van der Waals surface area contributed by atoms with E-state index < -0.39 is 20.9 Å². The monoisotopic (exact) mass is 299 g/mol. The Kier molecular flexibility index (Phi) is 4.19. The zero-order chi connectivity index (χ0) is 15.0. The summed E-state index contributed by atoms with van der Waals surface area (Å²) in [6.07, 6.45) is 4.43. The lowest BCUT2D eigenvalue weighted by Crippen LogP contribution is -2.51. The van der Waals surface area contributed by atoms with E-state index in [9.17, 15) is 18.8 Å². The first-order valence-corrected chi connectivity index (χ1v) is 9.38. The van der Waals surface area contributed by atoms with Crippen molar-refractivity contribution in [2.24, 2.45) is 17.3 Å². The Labute approximate surface area is 122 Å². The van der Waals surface area contributed by atoms with Crippen LogP contribution in [0.15, 0.2) is 0 Å². The fraction of sp³-hybridized carbons (Fsp3) is 0.933. The Morgan fingerprint density at radius 2 is 2.10 bits per heavy atom. The molecular formula is C15H25NO3S. The van der Waals surface area contributed by atoms with Gasteiger partial charge < -0.3 is 5.11 Å². The van der Waals surface area contributed by atoms with Gasteiger partial charge in [0.05, 0.1) is 23.2 Å². The first-order chi connectivity index (χ1) is 9.22. The van der Waals surface area contributed by atoms with E-state index in [0.717, 1.165) is 19.3 Å². The zero-order valence-electron chi connectivity index (χ0n) is 12.4. The van der Waals surface area contributed by atoms with Crippen LogP contribution in [0.5, 0.6) is 0 Å². The second kappa shape index (κ2) is 5.31. The van der Waals surface area contributed by atoms with Crippen LogP contribution in [-0.4, -0.2) is 30.6 Å². The van der Waals surface area contributed by atoms with Gasteiger partial charge in [0, 0.05) is 0 Å². The Hall–Kier alpha value is -0.600. The van der Waals surface area contributed by atoms with Crippen LogP contribution in [0.3, 0.4) is 0 Å². The topological polar surface area (TPSA) is 78.2 Å². The van der Waals surface area contributed by atoms with Crippen LogP contribution in [0.1, 0.15) is 52.4 Å². The fourth-order valence-corrected chi connectivity index (χ4v) is 6.11. The summed E-state index contributed by atoms with van der Waals surface area (Å²) in [6, 6.07) is 2.19. The maximum Gasteiger partial charge on any atom is 0.152 e. The van der Waals surface area contributed by atoms with E-state index in [-0.39, 0.29) is 17.9 Å². The van der Waals surface area contributed by atoms with Crippen molar-refractivity contribution >= 4 is 9.84 Å². The van der Waals surface area contributed by atoms with Crippen LogP contribution in [0, 0.1) is 28.6 Å². The molecule has 0 aromatic carbocycles. The first kappa shape index (κ1) is 15.8. The molecule has 2 rings (SSSR count). The summed E-state index contributed by atoms with van der Waals surface area (Å²) < 4.78 is 23.6. The zero-order valence-corrected chi connectivity index (χ0v) is 13.2. The highest BCUT2D eigenvalue weighted by Gasteiger charge is 2.57. The minimum absolute atomic E-state index is 0.0394. The normalized spacial score (nSPS) is 40.6. The summed E-state index contributed by atoms with van der Waals surface area (Å²) in [5.41, 5.74) is -2.20. The number of rotatable bonds is 3. The highest BCUT2D eigenvalue weighted by Crippen LogP contribution is 2.50. The van der Waals surface area contributed by atoms with Crippen molar-refractivity contribution < 1.29 is 13.5 Å². The van der Waals surface area contributed by atoms with Gasteiger partial charge in [-0.2, -0.15) is 5.26 Å². The van der Waals surface area contributed by atoms with Gasteiger partial charge in [0.2, 0.25) is 0 Å². The Bertz CT molecular complexity index is 508. The molecule has 0 aromatic rings. The minimum Gasteiger partial charge on any atom is -0.388 e. The Balaban J connectivity index is 2.23. The van der Waals surface area contributed by atoms with E-state index in [1.807, 2.05) is 0 Å². The molecule has 2 aliphatic rings. The van der Waals surface area contributed by atoms with E-state index in [2.05, 4.69) is 19.9 Å². The van der Waals surface area contributed by atoms with Crippen molar-refractivity contribution in [1.29, 1.82) is 5.26 Å². The summed E-state index contributed by atoms with van der Waals surface area (Å²) in [4.78, 5) is 0. The molecule has 4 nitrogen and oxygen atoms in total. The van der Waals surface area contributed by atoms with Crippen LogP contribution in [0.25, 0.3) is 0 Å². The lowest BCUT2D eigenvalue weighted by molar-refractivity contribution is -0.0885. The first-order valence-electron chi connectivity index (χ1n) is 7.56. The summed E-state index contributed by atoms with van der Waals surface area (Å²) >= 11 is 0. The second-order valence-electron chi connectivity index (χ2n) is 7.16. The molecule has 1 aliphatic heterocycles. The molecule has 3 atom stereocenters. The summed E-state index contributed by atoms with van der Waals surface area (Å²) in [7, 11) is -3.18. The number of hydrogen-bond donors (Lipinski definition) is 1. The van der Waals surface area contributed by atoms with Gasteiger partial charge in [0.25, 0.3) is 0 Å². The number of nitriles is 1. The number of nitrogens with zero attached hydrogens (tertiary/aromatic N) is 1. The third-order valence-corrected chi connectivity index (χ3v) is 6.80. The molecule has 1 heterocycles. The molecule has 1 N–H and O–H groups in total. The molecule has 2 fully saturated rings. The molecule has 0 radical (unpaired) electrons. The number of sulfone groups is 1. The number of hydrogen-bond acceptors (Lipinski definition) is 4. The SMILES string of the molecule is CC(C)CC1CCCC(O)(C2(C#N)CCS(=O)(=O)C2)C1. The molecule has 1 saturated carbocycles. The largest absolute Gasteiger partial charge is 0.388 e. The van der Waals surface area contributed by atoms with Crippen molar-refractivity contribution in [2.45, 2.75) is 58.0 Å². The molecule has 114 valence electrons. The van der Waals surface area contributed by atoms with Crippen LogP contribution < -0.4 is 0 Å². The van der Waals surface area contributed by atoms with E-state index in [1.165, 1.54) is 0 Å². The molecule has 1 saturated heterocycles. The van der Waals surface area contributed by atoms with Crippen molar-refractivity contribution in [1.82, 2.24) is 0 Å². The minimum atomic E-state index is -3.18. The van der Waals surface area contributed by atoms with E-state index >= 15 is 0 Å². The highest BCUT2D eigenvalue weighted by atomic mass is 32.2. The predicted octanol–water partition coefficient (Wildman–Crippen LogP) is 2.28. The van der Waals surface area contributed by atoms with Crippen LogP contribution in [0.4, 0.5) is 0 Å². The third kappa shape index (κ3) is 2.87. The van der Waals surface area contributed by atoms with Gasteiger partial charge in [-0.25, -0.2) is 8.42 Å². The van der Waals surface area contributed by atoms with Crippen LogP contribution in [-0.2, 0) is 9.84 Å². The van der Waals surface area contributed by atoms with Crippen molar-refractivity contribution in [3.05, 3.63) is 0 Å². The molecular weight excluding hydrogens is 274 g/mol. The lowest BCUT2D eigenvalue weighted by Gasteiger charge is -2.45. The van der Waals surface area contributed by atoms with Gasteiger partial charge in [-0.15, -0.1) is 0 Å². The van der Waals surface area contributed by atoms with Crippen molar-refractivity contribution in [3.8, 4) is 6.07 Å². The third-order valence-electron chi connectivity index (χ3n) is 5.04. The van der Waals surface area contributed by atoms with Gasteiger partial charge in [-0.3, -0.25) is 0 Å². The van der Waals surface area contributed by atoms with Crippen molar-refractivity contribution in [3.63, 3.8) is 0 Å². The predicted molar refractivity (Wildman–Crippen MR) is 77.7 cm³/mol. The molecule has 0 bridgehead atoms. The van der Waals surface area contributed by atoms with Gasteiger partial charge in [-0.05, 0) is 37.5 Å². The van der Waals surface area contributed by atoms with Gasteiger partial charge in [0.15, 0.2) is 9.84 Å². The Morgan fingerprint density at radius 3 is 2.60 bits per heavy atom. The van der Waals surface area contributed by atoms with Crippen LogP contribution >= 0.6 is 0 Å². The van der Waals surface area contributed by atoms with E-state index in [0.29, 0.717) is 24.7 Å². The molecule has 3 unspecified atom stereocenters.